The molecule has 2 heterocycles. The number of halogens is 1. The van der Waals surface area contributed by atoms with E-state index < -0.39 is 0 Å². The number of carbonyl (C=O) groups excluding carboxylic acids is 2. The van der Waals surface area contributed by atoms with Gasteiger partial charge in [0.1, 0.15) is 16.4 Å². The van der Waals surface area contributed by atoms with Crippen LogP contribution in [0, 0.1) is 0 Å². The minimum absolute atomic E-state index is 0.0427. The van der Waals surface area contributed by atoms with E-state index >= 15 is 0 Å². The molecule has 1 aromatic heterocycles. The molecule has 0 N–H and O–H groups in total. The highest BCUT2D eigenvalue weighted by molar-refractivity contribution is 6.49. The predicted octanol–water partition coefficient (Wildman–Crippen LogP) is 1.48. The number of ether oxygens (including phenoxy) is 1. The zero-order valence-corrected chi connectivity index (χ0v) is 13.0. The van der Waals surface area contributed by atoms with Gasteiger partial charge in [-0.2, -0.15) is 0 Å². The number of hydrogen-bond acceptors (Lipinski definition) is 6. The lowest BCUT2D eigenvalue weighted by Crippen LogP contribution is -2.50. The van der Waals surface area contributed by atoms with Gasteiger partial charge >= 0.3 is 0 Å². The normalized spacial score (nSPS) is 19.4. The van der Waals surface area contributed by atoms with Crippen LogP contribution < -0.4 is 0 Å². The third-order valence-electron chi connectivity index (χ3n) is 3.78. The number of pyridine rings is 1. The van der Waals surface area contributed by atoms with Gasteiger partial charge in [0.2, 0.25) is 11.6 Å². The van der Waals surface area contributed by atoms with Gasteiger partial charge in [-0.15, -0.1) is 0 Å². The van der Waals surface area contributed by atoms with Crippen molar-refractivity contribution < 1.29 is 14.3 Å². The topological polar surface area (TPSA) is 62.7 Å². The second-order valence-corrected chi connectivity index (χ2v) is 5.38. The Balaban J connectivity index is 2.03. The van der Waals surface area contributed by atoms with Crippen molar-refractivity contribution in [2.24, 2.45) is 0 Å². The molecule has 1 aliphatic carbocycles. The molecule has 1 aromatic rings. The number of fused-ring (bicyclic) bond motifs is 1. The Morgan fingerprint density at radius 3 is 2.73 bits per heavy atom. The smallest absolute Gasteiger partial charge is 0.231 e. The van der Waals surface area contributed by atoms with E-state index in [0.717, 1.165) is 0 Å². The molecule has 6 nitrogen and oxygen atoms in total. The maximum Gasteiger partial charge on any atom is 0.231 e. The molecule has 7 heteroatoms. The minimum atomic E-state index is -0.355. The van der Waals surface area contributed by atoms with Crippen molar-refractivity contribution in [2.75, 3.05) is 32.8 Å². The van der Waals surface area contributed by atoms with Gasteiger partial charge in [0.15, 0.2) is 0 Å². The van der Waals surface area contributed by atoms with Crippen LogP contribution in [0.25, 0.3) is 0 Å². The summed E-state index contributed by atoms with van der Waals surface area (Å²) in [6, 6.07) is 3.20. The lowest BCUT2D eigenvalue weighted by Gasteiger charge is -2.39. The van der Waals surface area contributed by atoms with E-state index in [1.165, 1.54) is 6.20 Å². The lowest BCUT2D eigenvalue weighted by molar-refractivity contribution is -0.0666. The first kappa shape index (κ1) is 15.1. The molecule has 0 unspecified atom stereocenters. The maximum atomic E-state index is 12.8. The quantitative estimate of drug-likeness (QED) is 0.840. The van der Waals surface area contributed by atoms with Crippen LogP contribution in [0.15, 0.2) is 29.1 Å². The number of carbonyl (C=O) groups is 2. The van der Waals surface area contributed by atoms with Crippen LogP contribution in [0.4, 0.5) is 0 Å². The highest BCUT2D eigenvalue weighted by atomic mass is 35.5. The number of allylic oxidation sites excluding steroid dienone is 2. The summed E-state index contributed by atoms with van der Waals surface area (Å²) in [7, 11) is 0. The van der Waals surface area contributed by atoms with Gasteiger partial charge < -0.3 is 9.75 Å². The van der Waals surface area contributed by atoms with Crippen LogP contribution in [0.1, 0.15) is 27.8 Å². The molecule has 0 aromatic carbocycles. The Kier molecular flexibility index (Phi) is 4.24. The summed E-state index contributed by atoms with van der Waals surface area (Å²) in [4.78, 5) is 29.2. The van der Waals surface area contributed by atoms with Crippen molar-refractivity contribution >= 4 is 23.2 Å². The molecule has 1 saturated heterocycles. The standard InChI is InChI=1S/C15H16ClN3O3/c1-2-19(18-6-8-22-9-7-18)13-11(16)14(20)10-4-3-5-17-12(10)15(13)21/h3-5H,2,6-9H2,1H3. The molecule has 0 spiro atoms. The zero-order valence-electron chi connectivity index (χ0n) is 12.2. The first-order valence-corrected chi connectivity index (χ1v) is 7.57. The molecule has 0 bridgehead atoms. The third kappa shape index (κ3) is 2.43. The van der Waals surface area contributed by atoms with Crippen molar-refractivity contribution in [1.29, 1.82) is 0 Å². The Morgan fingerprint density at radius 2 is 2.05 bits per heavy atom. The number of rotatable bonds is 3. The first-order valence-electron chi connectivity index (χ1n) is 7.19. The fourth-order valence-corrected chi connectivity index (χ4v) is 3.02. The van der Waals surface area contributed by atoms with Gasteiger partial charge in [-0.25, -0.2) is 5.01 Å². The fraction of sp³-hybridized carbons (Fsp3) is 0.400. The second-order valence-electron chi connectivity index (χ2n) is 5.00. The van der Waals surface area contributed by atoms with Crippen LogP contribution in [0.3, 0.4) is 0 Å². The van der Waals surface area contributed by atoms with E-state index in [1.54, 1.807) is 17.1 Å². The van der Waals surface area contributed by atoms with Crippen molar-refractivity contribution in [3.05, 3.63) is 40.3 Å². The van der Waals surface area contributed by atoms with Crippen molar-refractivity contribution in [1.82, 2.24) is 15.0 Å². The third-order valence-corrected chi connectivity index (χ3v) is 4.13. The number of Topliss-reactive ketones (excluding diaryl/α,β-unsaturated/α-hetero) is 2. The Labute approximate surface area is 133 Å². The summed E-state index contributed by atoms with van der Waals surface area (Å²) in [6.07, 6.45) is 1.51. The highest BCUT2D eigenvalue weighted by Gasteiger charge is 2.37. The summed E-state index contributed by atoms with van der Waals surface area (Å²) < 4.78 is 5.33. The van der Waals surface area contributed by atoms with Crippen LogP contribution >= 0.6 is 11.6 Å². The monoisotopic (exact) mass is 321 g/mol. The lowest BCUT2D eigenvalue weighted by atomic mass is 9.97. The molecule has 0 radical (unpaired) electrons. The number of likely N-dealkylation sites (N-methyl/N-ethyl adjacent to an activating group) is 1. The van der Waals surface area contributed by atoms with Gasteiger partial charge in [-0.05, 0) is 19.1 Å². The summed E-state index contributed by atoms with van der Waals surface area (Å²) in [5.41, 5.74) is 0.639. The largest absolute Gasteiger partial charge is 0.379 e. The van der Waals surface area contributed by atoms with Crippen molar-refractivity contribution in [3.8, 4) is 0 Å². The fourth-order valence-electron chi connectivity index (χ4n) is 2.73. The summed E-state index contributed by atoms with van der Waals surface area (Å²) in [6.45, 7) is 4.91. The van der Waals surface area contributed by atoms with Crippen molar-refractivity contribution in [3.63, 3.8) is 0 Å². The summed E-state index contributed by atoms with van der Waals surface area (Å²) in [5.74, 6) is -0.667. The summed E-state index contributed by atoms with van der Waals surface area (Å²) >= 11 is 6.23. The number of ketones is 2. The Hall–Kier alpha value is -1.76. The number of aromatic nitrogens is 1. The van der Waals surface area contributed by atoms with E-state index in [9.17, 15) is 9.59 Å². The van der Waals surface area contributed by atoms with Gasteiger partial charge in [-0.3, -0.25) is 14.6 Å². The summed E-state index contributed by atoms with van der Waals surface area (Å²) in [5, 5.41) is 3.71. The molecule has 0 saturated carbocycles. The highest BCUT2D eigenvalue weighted by Crippen LogP contribution is 2.30. The Bertz CT molecular complexity index is 653. The minimum Gasteiger partial charge on any atom is -0.379 e. The van der Waals surface area contributed by atoms with E-state index in [-0.39, 0.29) is 33.6 Å². The number of hydrogen-bond donors (Lipinski definition) is 0. The van der Waals surface area contributed by atoms with E-state index in [0.29, 0.717) is 32.8 Å². The maximum absolute atomic E-state index is 12.8. The number of morpholine rings is 1. The van der Waals surface area contributed by atoms with Crippen LogP contribution in [0.5, 0.6) is 0 Å². The van der Waals surface area contributed by atoms with E-state index in [1.807, 2.05) is 11.9 Å². The Morgan fingerprint density at radius 1 is 1.32 bits per heavy atom. The molecule has 116 valence electrons. The zero-order chi connectivity index (χ0) is 15.7. The first-order chi connectivity index (χ1) is 10.6. The SMILES string of the molecule is CCN(C1=C(Cl)C(=O)c2cccnc2C1=O)N1CCOCC1. The van der Waals surface area contributed by atoms with Gasteiger partial charge in [0.05, 0.1) is 18.8 Å². The molecule has 3 rings (SSSR count). The van der Waals surface area contributed by atoms with Gasteiger partial charge in [-0.1, -0.05) is 11.6 Å². The van der Waals surface area contributed by atoms with Crippen LogP contribution in [-0.2, 0) is 4.74 Å². The van der Waals surface area contributed by atoms with Crippen molar-refractivity contribution in [2.45, 2.75) is 6.92 Å². The predicted molar refractivity (Wildman–Crippen MR) is 80.5 cm³/mol. The molecule has 1 fully saturated rings. The molecular formula is C15H16ClN3O3. The number of hydrazine groups is 1. The molecular weight excluding hydrogens is 306 g/mol. The molecule has 0 atom stereocenters. The van der Waals surface area contributed by atoms with Crippen LogP contribution in [0.2, 0.25) is 0 Å². The molecule has 1 aliphatic heterocycles. The van der Waals surface area contributed by atoms with Gasteiger partial charge in [0.25, 0.3) is 0 Å². The molecule has 2 aliphatic rings. The van der Waals surface area contributed by atoms with E-state index in [4.69, 9.17) is 16.3 Å². The average Bonchev–Trinajstić information content (AvgIpc) is 2.57. The number of nitrogens with zero attached hydrogens (tertiary/aromatic N) is 3. The average molecular weight is 322 g/mol. The van der Waals surface area contributed by atoms with Crippen LogP contribution in [-0.4, -0.2) is 59.4 Å². The molecule has 22 heavy (non-hydrogen) atoms. The van der Waals surface area contributed by atoms with Gasteiger partial charge in [0, 0.05) is 25.8 Å². The van der Waals surface area contributed by atoms with E-state index in [2.05, 4.69) is 4.98 Å². The molecule has 0 amide bonds. The second kappa shape index (κ2) is 6.16.